The second-order valence-electron chi connectivity index (χ2n) is 17.5. The van der Waals surface area contributed by atoms with E-state index in [1.807, 2.05) is 21.1 Å². The lowest BCUT2D eigenvalue weighted by molar-refractivity contribution is -0.870. The van der Waals surface area contributed by atoms with E-state index >= 15 is 0 Å². The molecule has 0 aliphatic carbocycles. The van der Waals surface area contributed by atoms with Crippen molar-refractivity contribution < 1.29 is 32.9 Å². The van der Waals surface area contributed by atoms with Gasteiger partial charge >= 0.3 is 7.82 Å². The molecule has 0 aromatic carbocycles. The lowest BCUT2D eigenvalue weighted by Crippen LogP contribution is -2.46. The van der Waals surface area contributed by atoms with Crippen LogP contribution in [0.4, 0.5) is 0 Å². The molecular formula is C47H94N2O6P+. The van der Waals surface area contributed by atoms with Crippen LogP contribution in [-0.4, -0.2) is 73.4 Å². The number of nitrogens with one attached hydrogen (secondary N) is 1. The van der Waals surface area contributed by atoms with Gasteiger partial charge in [0, 0.05) is 6.42 Å². The molecule has 9 heteroatoms. The zero-order valence-corrected chi connectivity index (χ0v) is 38.5. The van der Waals surface area contributed by atoms with Crippen molar-refractivity contribution in [2.75, 3.05) is 40.9 Å². The molecule has 0 saturated heterocycles. The smallest absolute Gasteiger partial charge is 0.391 e. The van der Waals surface area contributed by atoms with Gasteiger partial charge in [-0.2, -0.15) is 0 Å². The molecule has 0 fully saturated rings. The summed E-state index contributed by atoms with van der Waals surface area (Å²) < 4.78 is 23.6. The maximum absolute atomic E-state index is 12.9. The molecule has 0 aliphatic rings. The Morgan fingerprint density at radius 1 is 0.589 bits per heavy atom. The Bertz CT molecular complexity index is 969. The van der Waals surface area contributed by atoms with Gasteiger partial charge in [0.15, 0.2) is 0 Å². The number of aliphatic hydroxyl groups excluding tert-OH is 1. The predicted octanol–water partition coefficient (Wildman–Crippen LogP) is 13.3. The first-order valence-electron chi connectivity index (χ1n) is 23.7. The molecule has 1 amide bonds. The quantitative estimate of drug-likeness (QED) is 0.0245. The summed E-state index contributed by atoms with van der Waals surface area (Å²) in [5.74, 6) is -0.158. The molecule has 0 spiro atoms. The predicted molar refractivity (Wildman–Crippen MR) is 240 cm³/mol. The molecule has 0 bridgehead atoms. The maximum Gasteiger partial charge on any atom is 0.472 e. The molecule has 0 aromatic heterocycles. The van der Waals surface area contributed by atoms with Gasteiger partial charge < -0.3 is 19.8 Å². The molecule has 0 rings (SSSR count). The van der Waals surface area contributed by atoms with Crippen molar-refractivity contribution in [3.63, 3.8) is 0 Å². The fraction of sp³-hybridized carbons (Fsp3) is 0.894. The average molecular weight is 814 g/mol. The minimum Gasteiger partial charge on any atom is -0.391 e. The zero-order chi connectivity index (χ0) is 41.4. The molecule has 1 unspecified atom stereocenters. The zero-order valence-electron chi connectivity index (χ0n) is 37.6. The lowest BCUT2D eigenvalue weighted by Gasteiger charge is -2.26. The molecule has 0 radical (unpaired) electrons. The monoisotopic (exact) mass is 814 g/mol. The molecule has 0 aromatic rings. The van der Waals surface area contributed by atoms with Crippen LogP contribution in [0.3, 0.4) is 0 Å². The standard InChI is InChI=1S/C47H93N2O6P/c1-6-8-10-12-14-16-18-20-22-24-26-28-30-32-34-36-38-40-46(50)45(44-55-56(52,53)54-43-42-49(3,4)5)48-47(51)41-39-37-35-33-31-29-27-25-23-21-19-17-15-13-11-9-7-2/h21,23,30,32,45-46,50H,6-20,22,24-29,31,33-44H2,1-5H3,(H-,48,51,52,53)/p+1/b23-21+,32-30+/t45-,46+/m0/s1. The number of aliphatic hydroxyl groups is 1. The van der Waals surface area contributed by atoms with Crippen molar-refractivity contribution in [1.82, 2.24) is 5.32 Å². The summed E-state index contributed by atoms with van der Waals surface area (Å²) in [5, 5.41) is 14.0. The molecule has 3 N–H and O–H groups in total. The molecule has 0 heterocycles. The fourth-order valence-corrected chi connectivity index (χ4v) is 7.59. The summed E-state index contributed by atoms with van der Waals surface area (Å²) in [4.78, 5) is 23.2. The first-order chi connectivity index (χ1) is 27.0. The highest BCUT2D eigenvalue weighted by Crippen LogP contribution is 2.43. The third kappa shape index (κ3) is 41.2. The number of unbranched alkanes of at least 4 members (excludes halogenated alkanes) is 26. The lowest BCUT2D eigenvalue weighted by atomic mass is 10.0. The summed E-state index contributed by atoms with van der Waals surface area (Å²) in [7, 11) is 1.60. The topological polar surface area (TPSA) is 105 Å². The van der Waals surface area contributed by atoms with Crippen LogP contribution in [-0.2, 0) is 18.4 Å². The van der Waals surface area contributed by atoms with Crippen LogP contribution in [0.1, 0.15) is 219 Å². The maximum atomic E-state index is 12.9. The second kappa shape index (κ2) is 39.4. The van der Waals surface area contributed by atoms with Crippen molar-refractivity contribution in [3.8, 4) is 0 Å². The van der Waals surface area contributed by atoms with Crippen molar-refractivity contribution in [2.45, 2.75) is 231 Å². The first kappa shape index (κ1) is 55.0. The van der Waals surface area contributed by atoms with Gasteiger partial charge in [-0.3, -0.25) is 13.8 Å². The Labute approximate surface area is 347 Å². The van der Waals surface area contributed by atoms with Gasteiger partial charge in [-0.05, 0) is 64.2 Å². The molecule has 3 atom stereocenters. The number of likely N-dealkylation sites (N-methyl/N-ethyl adjacent to an activating group) is 1. The van der Waals surface area contributed by atoms with Gasteiger partial charge in [0.2, 0.25) is 5.91 Å². The van der Waals surface area contributed by atoms with Crippen molar-refractivity contribution in [3.05, 3.63) is 24.3 Å². The Kier molecular flexibility index (Phi) is 38.7. The number of carbonyl (C=O) groups is 1. The van der Waals surface area contributed by atoms with Gasteiger partial charge in [0.05, 0.1) is 39.9 Å². The highest BCUT2D eigenvalue weighted by atomic mass is 31.2. The number of hydrogen-bond acceptors (Lipinski definition) is 5. The van der Waals surface area contributed by atoms with Crippen LogP contribution in [0.25, 0.3) is 0 Å². The van der Waals surface area contributed by atoms with Gasteiger partial charge in [-0.1, -0.05) is 173 Å². The summed E-state index contributed by atoms with van der Waals surface area (Å²) >= 11 is 0. The number of amides is 1. The Hall–Kier alpha value is -1.02. The normalized spacial score (nSPS) is 14.5. The minimum atomic E-state index is -4.32. The minimum absolute atomic E-state index is 0.0694. The van der Waals surface area contributed by atoms with Crippen LogP contribution in [0.15, 0.2) is 24.3 Å². The van der Waals surface area contributed by atoms with Crippen molar-refractivity contribution >= 4 is 13.7 Å². The van der Waals surface area contributed by atoms with Gasteiger partial charge in [0.1, 0.15) is 13.2 Å². The van der Waals surface area contributed by atoms with E-state index in [0.717, 1.165) is 44.9 Å². The highest BCUT2D eigenvalue weighted by molar-refractivity contribution is 7.47. The summed E-state index contributed by atoms with van der Waals surface area (Å²) in [5.41, 5.74) is 0. The van der Waals surface area contributed by atoms with E-state index in [1.54, 1.807) is 0 Å². The molecular weight excluding hydrogens is 719 g/mol. The van der Waals surface area contributed by atoms with E-state index in [0.29, 0.717) is 23.9 Å². The van der Waals surface area contributed by atoms with E-state index in [1.165, 1.54) is 148 Å². The third-order valence-corrected chi connectivity index (χ3v) is 11.7. The summed E-state index contributed by atoms with van der Waals surface area (Å²) in [6.07, 6.45) is 46.3. The number of hydrogen-bond donors (Lipinski definition) is 3. The SMILES string of the molecule is CCCCCCCC/C=C/CCCCCCCCCC(=O)N[C@@H](COP(=O)(O)OCC[N+](C)(C)C)[C@H](O)CCCC/C=C/CCCCCCCCCCCCC. The van der Waals surface area contributed by atoms with Crippen LogP contribution in [0, 0.1) is 0 Å². The Morgan fingerprint density at radius 2 is 0.964 bits per heavy atom. The number of quaternary nitrogens is 1. The number of allylic oxidation sites excluding steroid dienone is 4. The third-order valence-electron chi connectivity index (χ3n) is 10.7. The van der Waals surface area contributed by atoms with E-state index in [4.69, 9.17) is 9.05 Å². The van der Waals surface area contributed by atoms with Crippen LogP contribution < -0.4 is 5.32 Å². The number of phosphoric ester groups is 1. The van der Waals surface area contributed by atoms with E-state index in [2.05, 4.69) is 43.5 Å². The summed E-state index contributed by atoms with van der Waals surface area (Å²) in [6, 6.07) is -0.776. The van der Waals surface area contributed by atoms with Crippen LogP contribution in [0.2, 0.25) is 0 Å². The van der Waals surface area contributed by atoms with Crippen molar-refractivity contribution in [1.29, 1.82) is 0 Å². The first-order valence-corrected chi connectivity index (χ1v) is 25.2. The largest absolute Gasteiger partial charge is 0.472 e. The van der Waals surface area contributed by atoms with E-state index in [9.17, 15) is 19.4 Å². The highest BCUT2D eigenvalue weighted by Gasteiger charge is 2.28. The summed E-state index contributed by atoms with van der Waals surface area (Å²) in [6.45, 7) is 4.87. The molecule has 332 valence electrons. The number of phosphoric acid groups is 1. The van der Waals surface area contributed by atoms with Crippen LogP contribution >= 0.6 is 7.82 Å². The van der Waals surface area contributed by atoms with Crippen molar-refractivity contribution in [2.24, 2.45) is 0 Å². The van der Waals surface area contributed by atoms with E-state index in [-0.39, 0.29) is 19.1 Å². The Balaban J connectivity index is 4.37. The molecule has 0 aliphatic heterocycles. The van der Waals surface area contributed by atoms with Gasteiger partial charge in [-0.25, -0.2) is 4.57 Å². The Morgan fingerprint density at radius 3 is 1.38 bits per heavy atom. The van der Waals surface area contributed by atoms with E-state index < -0.39 is 20.0 Å². The number of nitrogens with zero attached hydrogens (tertiary/aromatic N) is 1. The number of carbonyl (C=O) groups excluding carboxylic acids is 1. The molecule has 8 nitrogen and oxygen atoms in total. The molecule has 56 heavy (non-hydrogen) atoms. The average Bonchev–Trinajstić information content (AvgIpc) is 3.15. The van der Waals surface area contributed by atoms with Gasteiger partial charge in [-0.15, -0.1) is 0 Å². The molecule has 0 saturated carbocycles. The number of rotatable bonds is 43. The van der Waals surface area contributed by atoms with Crippen LogP contribution in [0.5, 0.6) is 0 Å². The van der Waals surface area contributed by atoms with Gasteiger partial charge in [0.25, 0.3) is 0 Å². The second-order valence-corrected chi connectivity index (χ2v) is 18.9. The fourth-order valence-electron chi connectivity index (χ4n) is 6.86.